The van der Waals surface area contributed by atoms with Gasteiger partial charge < -0.3 is 0 Å². The van der Waals surface area contributed by atoms with Crippen LogP contribution in [0, 0.1) is 24.2 Å². The first-order chi connectivity index (χ1) is 4.70. The Bertz CT molecular complexity index is 106. The van der Waals surface area contributed by atoms with Gasteiger partial charge in [0.05, 0.1) is 0 Å². The summed E-state index contributed by atoms with van der Waals surface area (Å²) in [6, 6.07) is 0. The number of hydrogen-bond donors (Lipinski definition) is 0. The first kappa shape index (κ1) is 9.56. The van der Waals surface area contributed by atoms with Crippen molar-refractivity contribution in [3.63, 3.8) is 0 Å². The summed E-state index contributed by atoms with van der Waals surface area (Å²) >= 11 is 0. The van der Waals surface area contributed by atoms with Crippen molar-refractivity contribution in [3.05, 3.63) is 0 Å². The summed E-state index contributed by atoms with van der Waals surface area (Å²) in [7, 11) is 0. The predicted molar refractivity (Wildman–Crippen MR) is 46.7 cm³/mol. The Morgan fingerprint density at radius 1 is 1.40 bits per heavy atom. The van der Waals surface area contributed by atoms with Gasteiger partial charge in [0.1, 0.15) is 0 Å². The molecule has 0 nitrogen and oxygen atoms in total. The van der Waals surface area contributed by atoms with E-state index in [0.717, 1.165) is 18.3 Å². The third kappa shape index (κ3) is 4.44. The van der Waals surface area contributed by atoms with Crippen LogP contribution in [0.4, 0.5) is 0 Å². The van der Waals surface area contributed by atoms with E-state index in [1.54, 1.807) is 0 Å². The minimum absolute atomic E-state index is 0.755. The van der Waals surface area contributed by atoms with Gasteiger partial charge in [0.15, 0.2) is 0 Å². The second-order valence-electron chi connectivity index (χ2n) is 3.31. The maximum Gasteiger partial charge on any atom is 0.0114 e. The van der Waals surface area contributed by atoms with Crippen LogP contribution >= 0.6 is 0 Å². The van der Waals surface area contributed by atoms with Crippen LogP contribution in [0.3, 0.4) is 0 Å². The molecule has 58 valence electrons. The molecule has 0 aromatic carbocycles. The molecule has 0 aromatic rings. The van der Waals surface area contributed by atoms with E-state index in [4.69, 9.17) is 6.42 Å². The van der Waals surface area contributed by atoms with Gasteiger partial charge in [-0.15, -0.1) is 12.3 Å². The molecule has 0 aromatic heterocycles. The van der Waals surface area contributed by atoms with Gasteiger partial charge in [0.2, 0.25) is 0 Å². The molecular formula is C10H18. The second kappa shape index (κ2) is 5.35. The number of rotatable bonds is 4. The van der Waals surface area contributed by atoms with E-state index in [1.165, 1.54) is 12.8 Å². The zero-order valence-corrected chi connectivity index (χ0v) is 7.35. The minimum Gasteiger partial charge on any atom is -0.120 e. The lowest BCUT2D eigenvalue weighted by atomic mass is 9.92. The summed E-state index contributed by atoms with van der Waals surface area (Å²) in [5.74, 6) is 4.27. The van der Waals surface area contributed by atoms with Crippen LogP contribution in [-0.4, -0.2) is 0 Å². The Balaban J connectivity index is 3.52. The van der Waals surface area contributed by atoms with E-state index in [9.17, 15) is 0 Å². The molecule has 1 atom stereocenters. The highest BCUT2D eigenvalue weighted by atomic mass is 14.1. The lowest BCUT2D eigenvalue weighted by Crippen LogP contribution is -2.01. The van der Waals surface area contributed by atoms with Gasteiger partial charge >= 0.3 is 0 Å². The van der Waals surface area contributed by atoms with Crippen molar-refractivity contribution in [1.82, 2.24) is 0 Å². The largest absolute Gasteiger partial charge is 0.120 e. The Kier molecular flexibility index (Phi) is 5.12. The summed E-state index contributed by atoms with van der Waals surface area (Å²) in [5, 5.41) is 0. The van der Waals surface area contributed by atoms with Gasteiger partial charge in [-0.1, -0.05) is 27.2 Å². The van der Waals surface area contributed by atoms with Gasteiger partial charge in [0.25, 0.3) is 0 Å². The quantitative estimate of drug-likeness (QED) is 0.524. The molecule has 0 heterocycles. The van der Waals surface area contributed by atoms with Crippen molar-refractivity contribution in [2.45, 2.75) is 40.0 Å². The fourth-order valence-electron chi connectivity index (χ4n) is 1.23. The molecule has 0 radical (unpaired) electrons. The molecule has 0 spiro atoms. The van der Waals surface area contributed by atoms with Crippen molar-refractivity contribution in [2.75, 3.05) is 0 Å². The van der Waals surface area contributed by atoms with E-state index in [0.29, 0.717) is 0 Å². The van der Waals surface area contributed by atoms with Crippen LogP contribution in [0.1, 0.15) is 40.0 Å². The van der Waals surface area contributed by atoms with Gasteiger partial charge in [-0.2, -0.15) is 0 Å². The molecule has 0 saturated heterocycles. The molecule has 0 saturated carbocycles. The Labute approximate surface area is 65.0 Å². The van der Waals surface area contributed by atoms with Crippen LogP contribution in [0.2, 0.25) is 0 Å². The Hall–Kier alpha value is -0.440. The monoisotopic (exact) mass is 138 g/mol. The van der Waals surface area contributed by atoms with Crippen LogP contribution < -0.4 is 0 Å². The van der Waals surface area contributed by atoms with Crippen molar-refractivity contribution >= 4 is 0 Å². The zero-order valence-electron chi connectivity index (χ0n) is 7.35. The zero-order chi connectivity index (χ0) is 7.98. The van der Waals surface area contributed by atoms with Crippen molar-refractivity contribution < 1.29 is 0 Å². The summed E-state index contributed by atoms with van der Waals surface area (Å²) in [6.45, 7) is 6.71. The Morgan fingerprint density at radius 3 is 2.30 bits per heavy atom. The van der Waals surface area contributed by atoms with Gasteiger partial charge in [-0.05, 0) is 18.3 Å². The van der Waals surface area contributed by atoms with E-state index >= 15 is 0 Å². The molecule has 0 aliphatic heterocycles. The topological polar surface area (TPSA) is 0 Å². The maximum atomic E-state index is 5.23. The SMILES string of the molecule is C#CCC(CC)CC(C)C. The Morgan fingerprint density at radius 2 is 2.00 bits per heavy atom. The van der Waals surface area contributed by atoms with Crippen LogP contribution in [0.5, 0.6) is 0 Å². The van der Waals surface area contributed by atoms with E-state index in [2.05, 4.69) is 26.7 Å². The van der Waals surface area contributed by atoms with Crippen molar-refractivity contribution in [3.8, 4) is 12.3 Å². The van der Waals surface area contributed by atoms with Crippen LogP contribution in [-0.2, 0) is 0 Å². The normalized spacial score (nSPS) is 13.1. The van der Waals surface area contributed by atoms with Crippen molar-refractivity contribution in [2.24, 2.45) is 11.8 Å². The molecule has 0 fully saturated rings. The van der Waals surface area contributed by atoms with Gasteiger partial charge in [-0.3, -0.25) is 0 Å². The average molecular weight is 138 g/mol. The molecule has 0 aliphatic carbocycles. The fourth-order valence-corrected chi connectivity index (χ4v) is 1.23. The third-order valence-corrected chi connectivity index (χ3v) is 1.79. The summed E-state index contributed by atoms with van der Waals surface area (Å²) in [6.07, 6.45) is 8.69. The highest BCUT2D eigenvalue weighted by Crippen LogP contribution is 2.17. The molecule has 0 aliphatic rings. The molecule has 10 heavy (non-hydrogen) atoms. The fraction of sp³-hybridized carbons (Fsp3) is 0.800. The minimum atomic E-state index is 0.755. The summed E-state index contributed by atoms with van der Waals surface area (Å²) in [5.41, 5.74) is 0. The summed E-state index contributed by atoms with van der Waals surface area (Å²) < 4.78 is 0. The molecule has 0 rings (SSSR count). The molecule has 0 amide bonds. The van der Waals surface area contributed by atoms with E-state index < -0.39 is 0 Å². The smallest absolute Gasteiger partial charge is 0.0114 e. The number of hydrogen-bond acceptors (Lipinski definition) is 0. The van der Waals surface area contributed by atoms with Crippen LogP contribution in [0.25, 0.3) is 0 Å². The third-order valence-electron chi connectivity index (χ3n) is 1.79. The molecule has 0 heteroatoms. The highest BCUT2D eigenvalue weighted by Gasteiger charge is 2.05. The second-order valence-corrected chi connectivity index (χ2v) is 3.31. The lowest BCUT2D eigenvalue weighted by molar-refractivity contribution is 0.406. The van der Waals surface area contributed by atoms with Crippen molar-refractivity contribution in [1.29, 1.82) is 0 Å². The average Bonchev–Trinajstić information content (AvgIpc) is 1.86. The van der Waals surface area contributed by atoms with E-state index in [-0.39, 0.29) is 0 Å². The molecule has 0 bridgehead atoms. The molecule has 1 unspecified atom stereocenters. The first-order valence-electron chi connectivity index (χ1n) is 4.14. The molecular weight excluding hydrogens is 120 g/mol. The maximum absolute atomic E-state index is 5.23. The van der Waals surface area contributed by atoms with E-state index in [1.807, 2.05) is 0 Å². The lowest BCUT2D eigenvalue weighted by Gasteiger charge is -2.13. The first-order valence-corrected chi connectivity index (χ1v) is 4.14. The van der Waals surface area contributed by atoms with Crippen LogP contribution in [0.15, 0.2) is 0 Å². The predicted octanol–water partition coefficient (Wildman–Crippen LogP) is 3.08. The van der Waals surface area contributed by atoms with Gasteiger partial charge in [-0.25, -0.2) is 0 Å². The van der Waals surface area contributed by atoms with Gasteiger partial charge in [0, 0.05) is 6.42 Å². The summed E-state index contributed by atoms with van der Waals surface area (Å²) in [4.78, 5) is 0. The molecule has 0 N–H and O–H groups in total. The number of terminal acetylenes is 1. The standard InChI is InChI=1S/C10H18/c1-5-7-10(6-2)8-9(3)4/h1,9-10H,6-8H2,2-4H3. The highest BCUT2D eigenvalue weighted by molar-refractivity contribution is 4.86.